The summed E-state index contributed by atoms with van der Waals surface area (Å²) in [5.74, 6) is 0.311. The lowest BCUT2D eigenvalue weighted by atomic mass is 10.2. The van der Waals surface area contributed by atoms with E-state index in [4.69, 9.17) is 16.3 Å². The number of halogens is 1. The van der Waals surface area contributed by atoms with Crippen LogP contribution in [-0.2, 0) is 21.4 Å². The minimum absolute atomic E-state index is 0.276. The van der Waals surface area contributed by atoms with Crippen molar-refractivity contribution in [2.45, 2.75) is 13.5 Å². The van der Waals surface area contributed by atoms with Crippen LogP contribution in [0.15, 0.2) is 48.5 Å². The summed E-state index contributed by atoms with van der Waals surface area (Å²) in [6, 6.07) is 13.6. The molecule has 2 aromatic rings. The van der Waals surface area contributed by atoms with Gasteiger partial charge in [0, 0.05) is 11.6 Å². The molecule has 0 saturated carbocycles. The van der Waals surface area contributed by atoms with E-state index in [1.807, 2.05) is 31.2 Å². The molecule has 0 aliphatic rings. The molecular formula is C18H21ClN2O4S. The first-order valence-corrected chi connectivity index (χ1v) is 10.2. The summed E-state index contributed by atoms with van der Waals surface area (Å²) >= 11 is 5.83. The molecule has 0 radical (unpaired) electrons. The molecule has 0 aliphatic heterocycles. The molecule has 0 saturated heterocycles. The zero-order valence-electron chi connectivity index (χ0n) is 14.6. The van der Waals surface area contributed by atoms with Gasteiger partial charge in [0.25, 0.3) is 0 Å². The fourth-order valence-corrected chi connectivity index (χ4v) is 3.29. The first kappa shape index (κ1) is 20.1. The van der Waals surface area contributed by atoms with Crippen molar-refractivity contribution in [3.05, 3.63) is 59.1 Å². The molecule has 0 atom stereocenters. The van der Waals surface area contributed by atoms with Gasteiger partial charge in [-0.05, 0) is 48.9 Å². The van der Waals surface area contributed by atoms with Gasteiger partial charge in [-0.2, -0.15) is 0 Å². The van der Waals surface area contributed by atoms with E-state index in [2.05, 4.69) is 5.32 Å². The SMILES string of the molecule is CCOc1cccc(CNC(=O)CN(c2ccc(Cl)cc2)S(C)(=O)=O)c1. The number of nitrogens with zero attached hydrogens (tertiary/aromatic N) is 1. The summed E-state index contributed by atoms with van der Waals surface area (Å²) in [5, 5.41) is 3.21. The van der Waals surface area contributed by atoms with Crippen molar-refractivity contribution in [3.63, 3.8) is 0 Å². The predicted molar refractivity (Wildman–Crippen MR) is 103 cm³/mol. The molecule has 1 amide bonds. The molecule has 2 aromatic carbocycles. The number of hydrogen-bond acceptors (Lipinski definition) is 4. The standard InChI is InChI=1S/C18H21ClN2O4S/c1-3-25-17-6-4-5-14(11-17)12-20-18(22)13-21(26(2,23)24)16-9-7-15(19)8-10-16/h4-11H,3,12-13H2,1-2H3,(H,20,22). The molecule has 0 aliphatic carbocycles. The van der Waals surface area contributed by atoms with Crippen molar-refractivity contribution in [2.75, 3.05) is 23.7 Å². The Morgan fingerprint density at radius 3 is 2.50 bits per heavy atom. The molecule has 0 fully saturated rings. The fraction of sp³-hybridized carbons (Fsp3) is 0.278. The third kappa shape index (κ3) is 5.93. The summed E-state index contributed by atoms with van der Waals surface area (Å²) in [5.41, 5.74) is 1.24. The maximum Gasteiger partial charge on any atom is 0.241 e. The highest BCUT2D eigenvalue weighted by molar-refractivity contribution is 7.92. The average molecular weight is 397 g/mol. The molecule has 0 bridgehead atoms. The maximum atomic E-state index is 12.2. The Labute approximate surface area is 158 Å². The number of rotatable bonds is 8. The van der Waals surface area contributed by atoms with Crippen LogP contribution in [-0.4, -0.2) is 33.7 Å². The summed E-state index contributed by atoms with van der Waals surface area (Å²) in [7, 11) is -3.61. The predicted octanol–water partition coefficient (Wildman–Crippen LogP) is 2.82. The Morgan fingerprint density at radius 1 is 1.19 bits per heavy atom. The lowest BCUT2D eigenvalue weighted by Gasteiger charge is -2.22. The average Bonchev–Trinajstić information content (AvgIpc) is 2.58. The topological polar surface area (TPSA) is 75.7 Å². The minimum Gasteiger partial charge on any atom is -0.494 e. The van der Waals surface area contributed by atoms with Crippen molar-refractivity contribution in [3.8, 4) is 5.75 Å². The molecule has 6 nitrogen and oxygen atoms in total. The zero-order valence-corrected chi connectivity index (χ0v) is 16.2. The monoisotopic (exact) mass is 396 g/mol. The second-order valence-electron chi connectivity index (χ2n) is 5.60. The molecule has 0 aromatic heterocycles. The molecule has 26 heavy (non-hydrogen) atoms. The van der Waals surface area contributed by atoms with Gasteiger partial charge in [0.2, 0.25) is 15.9 Å². The van der Waals surface area contributed by atoms with Crippen LogP contribution in [0.4, 0.5) is 5.69 Å². The lowest BCUT2D eigenvalue weighted by molar-refractivity contribution is -0.119. The number of amides is 1. The first-order valence-electron chi connectivity index (χ1n) is 8.01. The Kier molecular flexibility index (Phi) is 6.88. The Morgan fingerprint density at radius 2 is 1.88 bits per heavy atom. The first-order chi connectivity index (χ1) is 12.3. The number of carbonyl (C=O) groups excluding carboxylic acids is 1. The van der Waals surface area contributed by atoms with Gasteiger partial charge in [-0.25, -0.2) is 8.42 Å². The van der Waals surface area contributed by atoms with Gasteiger partial charge in [-0.15, -0.1) is 0 Å². The normalized spacial score (nSPS) is 11.0. The van der Waals surface area contributed by atoms with Crippen molar-refractivity contribution < 1.29 is 17.9 Å². The summed E-state index contributed by atoms with van der Waals surface area (Å²) in [4.78, 5) is 12.2. The third-order valence-electron chi connectivity index (χ3n) is 3.50. The molecule has 1 N–H and O–H groups in total. The van der Waals surface area contributed by atoms with E-state index >= 15 is 0 Å². The molecule has 8 heteroatoms. The van der Waals surface area contributed by atoms with Gasteiger partial charge in [0.05, 0.1) is 18.6 Å². The van der Waals surface area contributed by atoms with Crippen LogP contribution in [0.5, 0.6) is 5.75 Å². The van der Waals surface area contributed by atoms with E-state index < -0.39 is 15.9 Å². The second-order valence-corrected chi connectivity index (χ2v) is 7.95. The highest BCUT2D eigenvalue weighted by Crippen LogP contribution is 2.20. The van der Waals surface area contributed by atoms with E-state index in [0.29, 0.717) is 17.3 Å². The quantitative estimate of drug-likeness (QED) is 0.744. The molecule has 140 valence electrons. The number of sulfonamides is 1. The van der Waals surface area contributed by atoms with E-state index in [1.54, 1.807) is 24.3 Å². The van der Waals surface area contributed by atoms with Crippen LogP contribution in [0, 0.1) is 0 Å². The van der Waals surface area contributed by atoms with E-state index in [1.165, 1.54) is 0 Å². The van der Waals surface area contributed by atoms with Gasteiger partial charge in [0.1, 0.15) is 12.3 Å². The Hall–Kier alpha value is -2.25. The fourth-order valence-electron chi connectivity index (χ4n) is 2.31. The van der Waals surface area contributed by atoms with Crippen molar-refractivity contribution in [1.82, 2.24) is 5.32 Å². The van der Waals surface area contributed by atoms with Gasteiger partial charge in [-0.3, -0.25) is 9.10 Å². The molecule has 2 rings (SSSR count). The number of benzene rings is 2. The number of hydrogen-bond donors (Lipinski definition) is 1. The minimum atomic E-state index is -3.61. The van der Waals surface area contributed by atoms with E-state index in [0.717, 1.165) is 21.9 Å². The molecule has 0 unspecified atom stereocenters. The van der Waals surface area contributed by atoms with Crippen molar-refractivity contribution in [1.29, 1.82) is 0 Å². The largest absolute Gasteiger partial charge is 0.494 e. The van der Waals surface area contributed by atoms with Crippen molar-refractivity contribution >= 4 is 33.2 Å². The molecule has 0 spiro atoms. The number of nitrogens with one attached hydrogen (secondary N) is 1. The van der Waals surface area contributed by atoms with Crippen LogP contribution in [0.25, 0.3) is 0 Å². The van der Waals surface area contributed by atoms with E-state index in [-0.39, 0.29) is 13.1 Å². The molecular weight excluding hydrogens is 376 g/mol. The van der Waals surface area contributed by atoms with Gasteiger partial charge < -0.3 is 10.1 Å². The third-order valence-corrected chi connectivity index (χ3v) is 4.89. The summed E-state index contributed by atoms with van der Waals surface area (Å²) in [6.45, 7) is 2.41. The number of carbonyl (C=O) groups is 1. The van der Waals surface area contributed by atoms with E-state index in [9.17, 15) is 13.2 Å². The Bertz CT molecular complexity index is 854. The van der Waals surface area contributed by atoms with Gasteiger partial charge in [0.15, 0.2) is 0 Å². The van der Waals surface area contributed by atoms with Gasteiger partial charge >= 0.3 is 0 Å². The summed E-state index contributed by atoms with van der Waals surface area (Å²) < 4.78 is 30.5. The second kappa shape index (κ2) is 8.91. The van der Waals surface area contributed by atoms with Crippen molar-refractivity contribution in [2.24, 2.45) is 0 Å². The zero-order chi connectivity index (χ0) is 19.2. The Balaban J connectivity index is 2.03. The number of ether oxygens (including phenoxy) is 1. The van der Waals surface area contributed by atoms with Crippen LogP contribution in [0.3, 0.4) is 0 Å². The lowest BCUT2D eigenvalue weighted by Crippen LogP contribution is -2.40. The highest BCUT2D eigenvalue weighted by atomic mass is 35.5. The van der Waals surface area contributed by atoms with Crippen LogP contribution in [0.2, 0.25) is 5.02 Å². The summed E-state index contributed by atoms with van der Waals surface area (Å²) in [6.07, 6.45) is 1.06. The molecule has 0 heterocycles. The highest BCUT2D eigenvalue weighted by Gasteiger charge is 2.20. The van der Waals surface area contributed by atoms with Crippen LogP contribution >= 0.6 is 11.6 Å². The number of anilines is 1. The maximum absolute atomic E-state index is 12.2. The smallest absolute Gasteiger partial charge is 0.241 e. The van der Waals surface area contributed by atoms with Crippen LogP contribution in [0.1, 0.15) is 12.5 Å². The van der Waals surface area contributed by atoms with Crippen LogP contribution < -0.4 is 14.4 Å². The van der Waals surface area contributed by atoms with Gasteiger partial charge in [-0.1, -0.05) is 23.7 Å².